The first-order valence-corrected chi connectivity index (χ1v) is 16.6. The molecule has 236 valence electrons. The minimum atomic E-state index is -4.17. The van der Waals surface area contributed by atoms with Gasteiger partial charge in [-0.1, -0.05) is 80.1 Å². The van der Waals surface area contributed by atoms with Gasteiger partial charge < -0.3 is 15.0 Å². The number of amides is 2. The highest BCUT2D eigenvalue weighted by Gasteiger charge is 2.34. The molecule has 4 rings (SSSR count). The quantitative estimate of drug-likeness (QED) is 0.168. The Labute approximate surface area is 266 Å². The molecule has 0 aliphatic rings. The molecular weight excluding hydrogens is 586 g/mol. The van der Waals surface area contributed by atoms with E-state index in [0.29, 0.717) is 23.6 Å². The Bertz CT molecular complexity index is 1660. The molecule has 0 spiro atoms. The number of rotatable bonds is 14. The third-order valence-electron chi connectivity index (χ3n) is 7.54. The molecule has 2 amide bonds. The lowest BCUT2D eigenvalue weighted by Crippen LogP contribution is -2.53. The lowest BCUT2D eigenvalue weighted by Gasteiger charge is -2.33. The predicted octanol–water partition coefficient (Wildman–Crippen LogP) is 6.70. The number of sulfonamides is 1. The second-order valence-electron chi connectivity index (χ2n) is 11.0. The number of nitrogens with one attached hydrogen (secondary N) is 1. The number of hydrogen-bond donors (Lipinski definition) is 1. The Morgan fingerprint density at radius 3 is 2.02 bits per heavy atom. The van der Waals surface area contributed by atoms with Gasteiger partial charge >= 0.3 is 0 Å². The number of anilines is 1. The fourth-order valence-electron chi connectivity index (χ4n) is 4.92. The van der Waals surface area contributed by atoms with Crippen molar-refractivity contribution in [1.29, 1.82) is 0 Å². The van der Waals surface area contributed by atoms with Gasteiger partial charge in [0.2, 0.25) is 11.8 Å². The van der Waals surface area contributed by atoms with Crippen molar-refractivity contribution in [3.8, 4) is 11.5 Å². The summed E-state index contributed by atoms with van der Waals surface area (Å²) in [7, 11) is -4.17. The Morgan fingerprint density at radius 2 is 1.42 bits per heavy atom. The first-order chi connectivity index (χ1) is 21.6. The van der Waals surface area contributed by atoms with E-state index in [9.17, 15) is 18.0 Å². The molecule has 0 radical (unpaired) electrons. The average molecular weight is 628 g/mol. The topological polar surface area (TPSA) is 96.0 Å². The molecule has 0 fully saturated rings. The zero-order valence-electron chi connectivity index (χ0n) is 26.2. The second kappa shape index (κ2) is 15.4. The van der Waals surface area contributed by atoms with E-state index >= 15 is 0 Å². The van der Waals surface area contributed by atoms with Gasteiger partial charge in [-0.3, -0.25) is 13.9 Å². The molecule has 4 aromatic carbocycles. The van der Waals surface area contributed by atoms with Crippen LogP contribution < -0.4 is 14.4 Å². The van der Waals surface area contributed by atoms with Crippen LogP contribution in [0.2, 0.25) is 0 Å². The first kappa shape index (κ1) is 33.3. The van der Waals surface area contributed by atoms with Gasteiger partial charge in [0.15, 0.2) is 0 Å². The van der Waals surface area contributed by atoms with Crippen LogP contribution in [0.4, 0.5) is 5.69 Å². The highest BCUT2D eigenvalue weighted by atomic mass is 32.2. The van der Waals surface area contributed by atoms with Crippen LogP contribution in [0, 0.1) is 6.92 Å². The second-order valence-corrected chi connectivity index (χ2v) is 12.8. The number of para-hydroxylation sites is 1. The van der Waals surface area contributed by atoms with E-state index in [4.69, 9.17) is 4.74 Å². The third-order valence-corrected chi connectivity index (χ3v) is 9.32. The number of ether oxygens (including phenoxy) is 1. The van der Waals surface area contributed by atoms with Crippen molar-refractivity contribution in [2.24, 2.45) is 0 Å². The number of benzene rings is 4. The fraction of sp³-hybridized carbons (Fsp3) is 0.278. The molecule has 0 bridgehead atoms. The molecule has 0 heterocycles. The van der Waals surface area contributed by atoms with E-state index in [0.717, 1.165) is 21.9 Å². The molecular formula is C36H41N3O5S. The van der Waals surface area contributed by atoms with Crippen LogP contribution in [-0.2, 0) is 26.2 Å². The van der Waals surface area contributed by atoms with Gasteiger partial charge in [-0.15, -0.1) is 0 Å². The van der Waals surface area contributed by atoms with Crippen molar-refractivity contribution in [3.05, 3.63) is 120 Å². The summed E-state index contributed by atoms with van der Waals surface area (Å²) in [6, 6.07) is 30.7. The summed E-state index contributed by atoms with van der Waals surface area (Å²) in [4.78, 5) is 29.3. The zero-order chi connectivity index (χ0) is 32.4. The number of nitrogens with zero attached hydrogens (tertiary/aromatic N) is 2. The first-order valence-electron chi connectivity index (χ1n) is 15.2. The largest absolute Gasteiger partial charge is 0.457 e. The van der Waals surface area contributed by atoms with Crippen LogP contribution in [0.1, 0.15) is 44.7 Å². The minimum Gasteiger partial charge on any atom is -0.457 e. The smallest absolute Gasteiger partial charge is 0.264 e. The van der Waals surface area contributed by atoms with Gasteiger partial charge in [0.1, 0.15) is 24.1 Å². The summed E-state index contributed by atoms with van der Waals surface area (Å²) in [6.07, 6.45) is 1.10. The Balaban J connectivity index is 1.71. The molecule has 0 aliphatic carbocycles. The SMILES string of the molecule is CC[C@@H](C)NC(=O)[C@@H](CC)N(Cc1cccc(C)c1)C(=O)CN(c1ccc(Oc2ccccc2)cc1)S(=O)(=O)c1ccccc1. The van der Waals surface area contributed by atoms with E-state index in [1.54, 1.807) is 42.5 Å². The van der Waals surface area contributed by atoms with Crippen molar-refractivity contribution in [2.45, 2.75) is 64.1 Å². The van der Waals surface area contributed by atoms with E-state index in [2.05, 4.69) is 5.32 Å². The Hall–Kier alpha value is -4.63. The summed E-state index contributed by atoms with van der Waals surface area (Å²) in [5, 5.41) is 3.00. The molecule has 4 aromatic rings. The molecule has 0 saturated carbocycles. The maximum Gasteiger partial charge on any atom is 0.264 e. The zero-order valence-corrected chi connectivity index (χ0v) is 27.0. The molecule has 0 aromatic heterocycles. The van der Waals surface area contributed by atoms with E-state index in [-0.39, 0.29) is 23.4 Å². The molecule has 1 N–H and O–H groups in total. The van der Waals surface area contributed by atoms with Crippen molar-refractivity contribution in [3.63, 3.8) is 0 Å². The van der Waals surface area contributed by atoms with Gasteiger partial charge in [-0.25, -0.2) is 8.42 Å². The van der Waals surface area contributed by atoms with Gasteiger partial charge in [0.25, 0.3) is 10.0 Å². The molecule has 0 aliphatic heterocycles. The maximum atomic E-state index is 14.3. The summed E-state index contributed by atoms with van der Waals surface area (Å²) >= 11 is 0. The van der Waals surface area contributed by atoms with Crippen LogP contribution in [0.3, 0.4) is 0 Å². The molecule has 0 saturated heterocycles. The van der Waals surface area contributed by atoms with Gasteiger partial charge in [-0.05, 0) is 80.8 Å². The lowest BCUT2D eigenvalue weighted by atomic mass is 10.1. The molecule has 0 unspecified atom stereocenters. The van der Waals surface area contributed by atoms with Crippen LogP contribution in [0.25, 0.3) is 0 Å². The summed E-state index contributed by atoms with van der Waals surface area (Å²) in [6.45, 7) is 7.34. The van der Waals surface area contributed by atoms with Crippen molar-refractivity contribution >= 4 is 27.5 Å². The number of carbonyl (C=O) groups is 2. The maximum absolute atomic E-state index is 14.3. The average Bonchev–Trinajstić information content (AvgIpc) is 3.04. The Kier molecular flexibility index (Phi) is 11.4. The Morgan fingerprint density at radius 1 is 0.800 bits per heavy atom. The number of aryl methyl sites for hydroxylation is 1. The van der Waals surface area contributed by atoms with Crippen LogP contribution in [0.15, 0.2) is 114 Å². The van der Waals surface area contributed by atoms with Crippen molar-refractivity contribution in [1.82, 2.24) is 10.2 Å². The van der Waals surface area contributed by atoms with Gasteiger partial charge in [0, 0.05) is 12.6 Å². The van der Waals surface area contributed by atoms with E-state index in [1.165, 1.54) is 17.0 Å². The van der Waals surface area contributed by atoms with E-state index < -0.39 is 28.5 Å². The van der Waals surface area contributed by atoms with Crippen LogP contribution >= 0.6 is 0 Å². The lowest BCUT2D eigenvalue weighted by molar-refractivity contribution is -0.140. The summed E-state index contributed by atoms with van der Waals surface area (Å²) < 4.78 is 35.1. The highest BCUT2D eigenvalue weighted by molar-refractivity contribution is 7.92. The highest BCUT2D eigenvalue weighted by Crippen LogP contribution is 2.28. The van der Waals surface area contributed by atoms with Crippen LogP contribution in [-0.4, -0.2) is 43.8 Å². The summed E-state index contributed by atoms with van der Waals surface area (Å²) in [5.74, 6) is 0.393. The summed E-state index contributed by atoms with van der Waals surface area (Å²) in [5.41, 5.74) is 2.15. The normalized spacial score (nSPS) is 12.5. The number of hydrogen-bond acceptors (Lipinski definition) is 5. The monoisotopic (exact) mass is 627 g/mol. The number of carbonyl (C=O) groups excluding carboxylic acids is 2. The van der Waals surface area contributed by atoms with Gasteiger partial charge in [0.05, 0.1) is 10.6 Å². The molecule has 9 heteroatoms. The predicted molar refractivity (Wildman–Crippen MR) is 178 cm³/mol. The fourth-order valence-corrected chi connectivity index (χ4v) is 6.36. The minimum absolute atomic E-state index is 0.0502. The molecule has 8 nitrogen and oxygen atoms in total. The van der Waals surface area contributed by atoms with Crippen molar-refractivity contribution < 1.29 is 22.7 Å². The standard InChI is InChI=1S/C36H41N3O5S/c1-5-28(4)37-36(41)34(6-2)38(25-29-15-13-14-27(3)24-29)35(40)26-39(45(42,43)33-18-11-8-12-19-33)30-20-22-32(23-21-30)44-31-16-9-7-10-17-31/h7-24,28,34H,5-6,25-26H2,1-4H3,(H,37,41)/t28-,34-/m1/s1. The van der Waals surface area contributed by atoms with Crippen molar-refractivity contribution in [2.75, 3.05) is 10.8 Å². The molecule has 45 heavy (non-hydrogen) atoms. The third kappa shape index (κ3) is 8.73. The van der Waals surface area contributed by atoms with Crippen LogP contribution in [0.5, 0.6) is 11.5 Å². The van der Waals surface area contributed by atoms with E-state index in [1.807, 2.05) is 82.3 Å². The molecule has 2 atom stereocenters. The van der Waals surface area contributed by atoms with Gasteiger partial charge in [-0.2, -0.15) is 0 Å².